The van der Waals surface area contributed by atoms with Crippen molar-refractivity contribution < 1.29 is 4.74 Å². The third-order valence-corrected chi connectivity index (χ3v) is 3.80. The summed E-state index contributed by atoms with van der Waals surface area (Å²) in [6, 6.07) is 4.36. The summed E-state index contributed by atoms with van der Waals surface area (Å²) in [5.74, 6) is 0.907. The van der Waals surface area contributed by atoms with Gasteiger partial charge in [-0.3, -0.25) is 0 Å². The van der Waals surface area contributed by atoms with Gasteiger partial charge in [-0.15, -0.1) is 12.6 Å². The second kappa shape index (κ2) is 8.38. The average Bonchev–Trinajstić information content (AvgIpc) is 2.40. The first-order valence-electron chi connectivity index (χ1n) is 7.33. The molecule has 112 valence electrons. The largest absolute Gasteiger partial charge is 0.451 e. The van der Waals surface area contributed by atoms with Gasteiger partial charge in [0.25, 0.3) is 0 Å². The summed E-state index contributed by atoms with van der Waals surface area (Å²) < 4.78 is 5.78. The molecule has 0 radical (unpaired) electrons. The van der Waals surface area contributed by atoms with E-state index in [0.29, 0.717) is 5.09 Å². The molecule has 0 saturated heterocycles. The van der Waals surface area contributed by atoms with Crippen LogP contribution in [-0.4, -0.2) is 25.0 Å². The van der Waals surface area contributed by atoms with Gasteiger partial charge < -0.3 is 9.64 Å². The Balaban J connectivity index is 2.83. The fourth-order valence-corrected chi connectivity index (χ4v) is 2.31. The van der Waals surface area contributed by atoms with Crippen molar-refractivity contribution in [1.29, 1.82) is 0 Å². The lowest BCUT2D eigenvalue weighted by Gasteiger charge is -2.16. The van der Waals surface area contributed by atoms with Crippen LogP contribution < -0.4 is 4.74 Å². The molecular weight excluding hydrogens is 266 g/mol. The van der Waals surface area contributed by atoms with Crippen molar-refractivity contribution in [3.05, 3.63) is 40.0 Å². The first kappa shape index (κ1) is 17.1. The van der Waals surface area contributed by atoms with Crippen molar-refractivity contribution >= 4 is 12.6 Å². The van der Waals surface area contributed by atoms with Crippen LogP contribution in [0.25, 0.3) is 0 Å². The number of likely N-dealkylation sites (N-methyl/N-ethyl adjacent to an activating group) is 1. The van der Waals surface area contributed by atoms with Crippen LogP contribution in [0.1, 0.15) is 37.0 Å². The predicted molar refractivity (Wildman–Crippen MR) is 90.8 cm³/mol. The summed E-state index contributed by atoms with van der Waals surface area (Å²) in [6.07, 6.45) is 3.98. The van der Waals surface area contributed by atoms with E-state index >= 15 is 0 Å². The molecule has 20 heavy (non-hydrogen) atoms. The minimum absolute atomic E-state index is 0.675. The van der Waals surface area contributed by atoms with E-state index in [4.69, 9.17) is 4.74 Å². The van der Waals surface area contributed by atoms with Crippen LogP contribution in [0.5, 0.6) is 5.75 Å². The summed E-state index contributed by atoms with van der Waals surface area (Å²) in [5.41, 5.74) is 3.85. The highest BCUT2D eigenvalue weighted by atomic mass is 32.1. The fourth-order valence-electron chi connectivity index (χ4n) is 2.03. The van der Waals surface area contributed by atoms with Gasteiger partial charge in [-0.25, -0.2) is 0 Å². The van der Waals surface area contributed by atoms with Crippen molar-refractivity contribution in [3.63, 3.8) is 0 Å². The van der Waals surface area contributed by atoms with Gasteiger partial charge >= 0.3 is 0 Å². The topological polar surface area (TPSA) is 12.5 Å². The van der Waals surface area contributed by atoms with Gasteiger partial charge in [0.05, 0.1) is 0 Å². The van der Waals surface area contributed by atoms with Crippen molar-refractivity contribution in [1.82, 2.24) is 4.90 Å². The van der Waals surface area contributed by atoms with Crippen LogP contribution >= 0.6 is 12.6 Å². The van der Waals surface area contributed by atoms with E-state index in [0.717, 1.165) is 31.7 Å². The first-order valence-corrected chi connectivity index (χ1v) is 7.78. The molecule has 0 amide bonds. The van der Waals surface area contributed by atoms with Crippen molar-refractivity contribution in [2.75, 3.05) is 20.1 Å². The van der Waals surface area contributed by atoms with Gasteiger partial charge in [-0.2, -0.15) is 0 Å². The summed E-state index contributed by atoms with van der Waals surface area (Å²) in [4.78, 5) is 2.33. The normalized spacial score (nSPS) is 12.1. The number of ether oxygens (including phenoxy) is 1. The van der Waals surface area contributed by atoms with Gasteiger partial charge in [0.15, 0.2) is 5.09 Å². The first-order chi connectivity index (χ1) is 9.47. The summed E-state index contributed by atoms with van der Waals surface area (Å²) in [5, 5.41) is 0.675. The van der Waals surface area contributed by atoms with Crippen molar-refractivity contribution in [3.8, 4) is 5.75 Å². The standard InChI is InChI=1S/C17H27NOS/c1-6-8-17(20)19-16-12-13(3)15(11-14(16)4)9-10-18(5)7-2/h8,11-12,20H,6-7,9-10H2,1-5H3/b17-8+. The zero-order valence-corrected chi connectivity index (χ0v) is 14.3. The number of thiol groups is 1. The number of nitrogens with zero attached hydrogens (tertiary/aromatic N) is 1. The highest BCUT2D eigenvalue weighted by Gasteiger charge is 2.07. The molecule has 1 aromatic rings. The summed E-state index contributed by atoms with van der Waals surface area (Å²) in [7, 11) is 2.16. The zero-order valence-electron chi connectivity index (χ0n) is 13.4. The van der Waals surface area contributed by atoms with Crippen LogP contribution in [0, 0.1) is 13.8 Å². The molecule has 0 saturated carbocycles. The van der Waals surface area contributed by atoms with Crippen LogP contribution in [0.2, 0.25) is 0 Å². The van der Waals surface area contributed by atoms with Crippen LogP contribution in [-0.2, 0) is 6.42 Å². The van der Waals surface area contributed by atoms with E-state index in [2.05, 4.69) is 64.4 Å². The number of benzene rings is 1. The highest BCUT2D eigenvalue weighted by Crippen LogP contribution is 2.26. The number of aryl methyl sites for hydroxylation is 2. The number of hydrogen-bond donors (Lipinski definition) is 1. The third kappa shape index (κ3) is 5.22. The molecule has 3 heteroatoms. The smallest absolute Gasteiger partial charge is 0.153 e. The van der Waals surface area contributed by atoms with Gasteiger partial charge in [-0.05, 0) is 69.1 Å². The summed E-state index contributed by atoms with van der Waals surface area (Å²) in [6.45, 7) is 10.7. The van der Waals surface area contributed by atoms with Gasteiger partial charge in [0.2, 0.25) is 0 Å². The Labute approximate surface area is 129 Å². The minimum Gasteiger partial charge on any atom is -0.451 e. The lowest BCUT2D eigenvalue weighted by molar-refractivity contribution is 0.357. The Kier molecular flexibility index (Phi) is 7.17. The lowest BCUT2D eigenvalue weighted by atomic mass is 10.0. The Morgan fingerprint density at radius 1 is 1.25 bits per heavy atom. The van der Waals surface area contributed by atoms with Gasteiger partial charge in [0, 0.05) is 6.54 Å². The van der Waals surface area contributed by atoms with Crippen LogP contribution in [0.15, 0.2) is 23.3 Å². The lowest BCUT2D eigenvalue weighted by Crippen LogP contribution is -2.20. The maximum absolute atomic E-state index is 5.78. The molecule has 0 fully saturated rings. The maximum Gasteiger partial charge on any atom is 0.153 e. The minimum atomic E-state index is 0.675. The van der Waals surface area contributed by atoms with E-state index in [1.54, 1.807) is 0 Å². The Hall–Kier alpha value is -0.930. The molecule has 1 rings (SSSR count). The molecule has 0 spiro atoms. The van der Waals surface area contributed by atoms with Gasteiger partial charge in [-0.1, -0.05) is 19.9 Å². The third-order valence-electron chi connectivity index (χ3n) is 3.53. The van der Waals surface area contributed by atoms with E-state index in [1.807, 2.05) is 6.08 Å². The van der Waals surface area contributed by atoms with E-state index in [9.17, 15) is 0 Å². The molecule has 0 heterocycles. The molecule has 0 atom stereocenters. The van der Waals surface area contributed by atoms with Crippen LogP contribution in [0.4, 0.5) is 0 Å². The number of allylic oxidation sites excluding steroid dienone is 1. The molecule has 0 aliphatic heterocycles. The molecule has 0 bridgehead atoms. The average molecular weight is 293 g/mol. The summed E-state index contributed by atoms with van der Waals surface area (Å²) >= 11 is 4.34. The molecule has 1 aromatic carbocycles. The molecule has 0 aliphatic rings. The second-order valence-electron chi connectivity index (χ2n) is 5.24. The SMILES string of the molecule is CC/C=C(/S)Oc1cc(C)c(CCN(C)CC)cc1C. The molecule has 2 nitrogen and oxygen atoms in total. The maximum atomic E-state index is 5.78. The van der Waals surface area contributed by atoms with E-state index in [1.165, 1.54) is 16.7 Å². The van der Waals surface area contributed by atoms with Crippen molar-refractivity contribution in [2.45, 2.75) is 40.5 Å². The molecule has 0 aromatic heterocycles. The number of rotatable bonds is 7. The highest BCUT2D eigenvalue weighted by molar-refractivity contribution is 7.84. The molecule has 0 N–H and O–H groups in total. The molecular formula is C17H27NOS. The Bertz CT molecular complexity index is 468. The Morgan fingerprint density at radius 2 is 1.95 bits per heavy atom. The van der Waals surface area contributed by atoms with Crippen molar-refractivity contribution in [2.24, 2.45) is 0 Å². The monoisotopic (exact) mass is 293 g/mol. The number of hydrogen-bond acceptors (Lipinski definition) is 3. The zero-order chi connectivity index (χ0) is 15.1. The van der Waals surface area contributed by atoms with E-state index in [-0.39, 0.29) is 0 Å². The fraction of sp³-hybridized carbons (Fsp3) is 0.529. The quantitative estimate of drug-likeness (QED) is 0.592. The van der Waals surface area contributed by atoms with E-state index < -0.39 is 0 Å². The Morgan fingerprint density at radius 3 is 2.55 bits per heavy atom. The molecule has 0 unspecified atom stereocenters. The van der Waals surface area contributed by atoms with Gasteiger partial charge in [0.1, 0.15) is 5.75 Å². The molecule has 0 aliphatic carbocycles. The second-order valence-corrected chi connectivity index (χ2v) is 5.68. The van der Waals surface area contributed by atoms with Crippen LogP contribution in [0.3, 0.4) is 0 Å². The predicted octanol–water partition coefficient (Wildman–Crippen LogP) is 4.36.